The highest BCUT2D eigenvalue weighted by atomic mass is 14.8. The van der Waals surface area contributed by atoms with Gasteiger partial charge in [-0.3, -0.25) is 4.98 Å². The van der Waals surface area contributed by atoms with E-state index in [1.807, 2.05) is 6.20 Å². The molecular formula is C13H18N2. The fourth-order valence-corrected chi connectivity index (χ4v) is 2.01. The molecule has 0 aliphatic heterocycles. The molecule has 2 fully saturated rings. The van der Waals surface area contributed by atoms with E-state index in [1.54, 1.807) is 0 Å². The van der Waals surface area contributed by atoms with Gasteiger partial charge in [0.2, 0.25) is 0 Å². The second-order valence-electron chi connectivity index (χ2n) is 5.23. The summed E-state index contributed by atoms with van der Waals surface area (Å²) in [7, 11) is 0. The topological polar surface area (TPSA) is 38.9 Å². The van der Waals surface area contributed by atoms with Gasteiger partial charge in [0.25, 0.3) is 0 Å². The molecule has 80 valence electrons. The number of aryl methyl sites for hydroxylation is 1. The van der Waals surface area contributed by atoms with Gasteiger partial charge in [0.1, 0.15) is 0 Å². The van der Waals surface area contributed by atoms with E-state index in [0.29, 0.717) is 0 Å². The molecule has 1 aromatic heterocycles. The van der Waals surface area contributed by atoms with Gasteiger partial charge in [-0.25, -0.2) is 0 Å². The largest absolute Gasteiger partial charge is 0.325 e. The quantitative estimate of drug-likeness (QED) is 0.814. The number of rotatable bonds is 4. The maximum Gasteiger partial charge on any atom is 0.0434 e. The number of pyridine rings is 1. The fourth-order valence-electron chi connectivity index (χ4n) is 2.01. The van der Waals surface area contributed by atoms with E-state index in [0.717, 1.165) is 18.8 Å². The smallest absolute Gasteiger partial charge is 0.0434 e. The molecule has 2 heteroatoms. The number of aromatic nitrogens is 1. The zero-order valence-corrected chi connectivity index (χ0v) is 9.08. The van der Waals surface area contributed by atoms with Crippen LogP contribution in [0.15, 0.2) is 18.3 Å². The summed E-state index contributed by atoms with van der Waals surface area (Å²) < 4.78 is 0. The first-order valence-corrected chi connectivity index (χ1v) is 5.99. The zero-order chi connectivity index (χ0) is 10.3. The molecule has 0 radical (unpaired) electrons. The van der Waals surface area contributed by atoms with E-state index in [2.05, 4.69) is 17.1 Å². The van der Waals surface area contributed by atoms with Gasteiger partial charge in [-0.15, -0.1) is 0 Å². The lowest BCUT2D eigenvalue weighted by Gasteiger charge is -2.08. The molecule has 0 saturated heterocycles. The first-order chi connectivity index (χ1) is 7.25. The summed E-state index contributed by atoms with van der Waals surface area (Å²) in [6.07, 6.45) is 9.34. The molecule has 0 spiro atoms. The summed E-state index contributed by atoms with van der Waals surface area (Å²) in [5, 5.41) is 0. The molecule has 3 rings (SSSR count). The van der Waals surface area contributed by atoms with Crippen molar-refractivity contribution in [3.8, 4) is 0 Å². The van der Waals surface area contributed by atoms with Crippen molar-refractivity contribution in [2.24, 2.45) is 5.73 Å². The molecule has 0 aromatic carbocycles. The highest BCUT2D eigenvalue weighted by Gasteiger charge is 2.37. The highest BCUT2D eigenvalue weighted by Crippen LogP contribution is 2.39. The lowest BCUT2D eigenvalue weighted by molar-refractivity contribution is 0.608. The van der Waals surface area contributed by atoms with E-state index in [-0.39, 0.29) is 5.54 Å². The van der Waals surface area contributed by atoms with Gasteiger partial charge in [-0.05, 0) is 50.2 Å². The number of nitrogens with two attached hydrogens (primary N) is 1. The first-order valence-electron chi connectivity index (χ1n) is 5.99. The van der Waals surface area contributed by atoms with Crippen LogP contribution in [0.2, 0.25) is 0 Å². The van der Waals surface area contributed by atoms with E-state index < -0.39 is 0 Å². The second-order valence-corrected chi connectivity index (χ2v) is 5.23. The van der Waals surface area contributed by atoms with Crippen LogP contribution < -0.4 is 5.73 Å². The Morgan fingerprint density at radius 3 is 2.67 bits per heavy atom. The van der Waals surface area contributed by atoms with Crippen LogP contribution in [-0.2, 0) is 6.42 Å². The van der Waals surface area contributed by atoms with Crippen molar-refractivity contribution in [3.05, 3.63) is 29.6 Å². The zero-order valence-electron chi connectivity index (χ0n) is 9.08. The molecule has 15 heavy (non-hydrogen) atoms. The average molecular weight is 202 g/mol. The minimum atomic E-state index is 0.176. The van der Waals surface area contributed by atoms with Gasteiger partial charge in [-0.1, -0.05) is 6.07 Å². The third-order valence-electron chi connectivity index (χ3n) is 3.65. The SMILES string of the molecule is NC1(CCc2ccc(C3CC3)nc2)CC1. The maximum absolute atomic E-state index is 6.06. The van der Waals surface area contributed by atoms with Crippen LogP contribution >= 0.6 is 0 Å². The van der Waals surface area contributed by atoms with Crippen LogP contribution in [0.25, 0.3) is 0 Å². The summed E-state index contributed by atoms with van der Waals surface area (Å²) in [5.41, 5.74) is 8.87. The standard InChI is InChI=1S/C13H18N2/c14-13(7-8-13)6-5-10-1-4-12(15-9-10)11-2-3-11/h1,4,9,11H,2-3,5-8,14H2. The summed E-state index contributed by atoms with van der Waals surface area (Å²) in [6.45, 7) is 0. The Morgan fingerprint density at radius 1 is 1.33 bits per heavy atom. The summed E-state index contributed by atoms with van der Waals surface area (Å²) in [5.74, 6) is 0.767. The molecule has 0 unspecified atom stereocenters. The lowest BCUT2D eigenvalue weighted by atomic mass is 10.1. The maximum atomic E-state index is 6.06. The average Bonchev–Trinajstić information content (AvgIpc) is 3.12. The Balaban J connectivity index is 1.60. The predicted octanol–water partition coefficient (Wildman–Crippen LogP) is 2.38. The predicted molar refractivity (Wildman–Crippen MR) is 60.7 cm³/mol. The monoisotopic (exact) mass is 202 g/mol. The van der Waals surface area contributed by atoms with Crippen molar-refractivity contribution in [3.63, 3.8) is 0 Å². The summed E-state index contributed by atoms with van der Waals surface area (Å²) in [4.78, 5) is 4.52. The number of hydrogen-bond acceptors (Lipinski definition) is 2. The van der Waals surface area contributed by atoms with Crippen molar-refractivity contribution in [2.45, 2.75) is 50.0 Å². The van der Waals surface area contributed by atoms with Gasteiger partial charge in [0.15, 0.2) is 0 Å². The third kappa shape index (κ3) is 2.20. The summed E-state index contributed by atoms with van der Waals surface area (Å²) in [6, 6.07) is 4.43. The third-order valence-corrected chi connectivity index (χ3v) is 3.65. The first kappa shape index (κ1) is 9.34. The van der Waals surface area contributed by atoms with Crippen LogP contribution in [0.5, 0.6) is 0 Å². The lowest BCUT2D eigenvalue weighted by Crippen LogP contribution is -2.22. The van der Waals surface area contributed by atoms with Gasteiger partial charge in [-0.2, -0.15) is 0 Å². The van der Waals surface area contributed by atoms with Gasteiger partial charge in [0.05, 0.1) is 0 Å². The van der Waals surface area contributed by atoms with Crippen LogP contribution in [-0.4, -0.2) is 10.5 Å². The fraction of sp³-hybridized carbons (Fsp3) is 0.615. The van der Waals surface area contributed by atoms with Gasteiger partial charge >= 0.3 is 0 Å². The van der Waals surface area contributed by atoms with Gasteiger partial charge in [0, 0.05) is 23.3 Å². The minimum Gasteiger partial charge on any atom is -0.325 e. The minimum absolute atomic E-state index is 0.176. The highest BCUT2D eigenvalue weighted by molar-refractivity contribution is 5.20. The number of hydrogen-bond donors (Lipinski definition) is 1. The Hall–Kier alpha value is -0.890. The molecule has 1 heterocycles. The molecule has 0 atom stereocenters. The van der Waals surface area contributed by atoms with Crippen LogP contribution in [0.1, 0.15) is 49.3 Å². The molecule has 2 aliphatic carbocycles. The van der Waals surface area contributed by atoms with Gasteiger partial charge < -0.3 is 5.73 Å². The second kappa shape index (κ2) is 3.31. The number of nitrogens with zero attached hydrogens (tertiary/aromatic N) is 1. The Bertz CT molecular complexity index is 347. The molecule has 2 N–H and O–H groups in total. The normalized spacial score (nSPS) is 22.7. The van der Waals surface area contributed by atoms with E-state index in [9.17, 15) is 0 Å². The Kier molecular flexibility index (Phi) is 2.06. The van der Waals surface area contributed by atoms with Crippen LogP contribution in [0, 0.1) is 0 Å². The molecule has 2 aliphatic rings. The van der Waals surface area contributed by atoms with E-state index >= 15 is 0 Å². The van der Waals surface area contributed by atoms with Crippen molar-refractivity contribution in [1.29, 1.82) is 0 Å². The Labute approximate surface area is 90.9 Å². The van der Waals surface area contributed by atoms with Crippen molar-refractivity contribution in [2.75, 3.05) is 0 Å². The summed E-state index contributed by atoms with van der Waals surface area (Å²) >= 11 is 0. The van der Waals surface area contributed by atoms with E-state index in [4.69, 9.17) is 5.73 Å². The van der Waals surface area contributed by atoms with Crippen molar-refractivity contribution >= 4 is 0 Å². The molecule has 2 nitrogen and oxygen atoms in total. The van der Waals surface area contributed by atoms with Crippen LogP contribution in [0.3, 0.4) is 0 Å². The molecule has 2 saturated carbocycles. The Morgan fingerprint density at radius 2 is 2.13 bits per heavy atom. The molecule has 0 bridgehead atoms. The van der Waals surface area contributed by atoms with Crippen molar-refractivity contribution < 1.29 is 0 Å². The van der Waals surface area contributed by atoms with Crippen molar-refractivity contribution in [1.82, 2.24) is 4.98 Å². The molecule has 0 amide bonds. The van der Waals surface area contributed by atoms with E-state index in [1.165, 1.54) is 36.9 Å². The molecule has 1 aromatic rings. The van der Waals surface area contributed by atoms with Crippen LogP contribution in [0.4, 0.5) is 0 Å². The molecular weight excluding hydrogens is 184 g/mol.